The van der Waals surface area contributed by atoms with Crippen LogP contribution in [0.15, 0.2) is 23.4 Å². The molecule has 0 aliphatic rings. The number of rotatable bonds is 2. The molecule has 2 heterocycles. The summed E-state index contributed by atoms with van der Waals surface area (Å²) in [6.07, 6.45) is 1.95. The Morgan fingerprint density at radius 2 is 2.19 bits per heavy atom. The number of carboxylic acids is 1. The summed E-state index contributed by atoms with van der Waals surface area (Å²) in [5.41, 5.74) is -0.750. The Morgan fingerprint density at radius 3 is 2.75 bits per heavy atom. The molecule has 9 heteroatoms. The Hall–Kier alpha value is -2.03. The van der Waals surface area contributed by atoms with Gasteiger partial charge in [0, 0.05) is 6.20 Å². The van der Waals surface area contributed by atoms with Crippen molar-refractivity contribution in [2.75, 3.05) is 0 Å². The maximum Gasteiger partial charge on any atom is 0.354 e. The lowest BCUT2D eigenvalue weighted by Crippen LogP contribution is -2.03. The second-order valence-electron chi connectivity index (χ2n) is 2.83. The molecule has 84 valence electrons. The van der Waals surface area contributed by atoms with Crippen LogP contribution >= 0.6 is 0 Å². The van der Waals surface area contributed by atoms with Gasteiger partial charge in [-0.05, 0) is 6.07 Å². The molecule has 0 fully saturated rings. The van der Waals surface area contributed by atoms with Crippen molar-refractivity contribution in [3.05, 3.63) is 24.2 Å². The van der Waals surface area contributed by atoms with Crippen LogP contribution in [0.4, 0.5) is 3.89 Å². The number of aromatic carboxylic acids is 1. The van der Waals surface area contributed by atoms with Gasteiger partial charge < -0.3 is 5.11 Å². The molecule has 0 saturated carbocycles. The van der Waals surface area contributed by atoms with Gasteiger partial charge in [0.1, 0.15) is 0 Å². The van der Waals surface area contributed by atoms with E-state index < -0.39 is 26.8 Å². The predicted octanol–water partition coefficient (Wildman–Crippen LogP) is 0.0857. The highest BCUT2D eigenvalue weighted by Crippen LogP contribution is 2.17. The topological polar surface area (TPSA) is 102 Å². The van der Waals surface area contributed by atoms with Crippen molar-refractivity contribution in [3.8, 4) is 0 Å². The minimum absolute atomic E-state index is 0.359. The van der Waals surface area contributed by atoms with Gasteiger partial charge in [-0.2, -0.15) is 13.5 Å². The number of nitrogens with zero attached hydrogens (tertiary/aromatic N) is 3. The minimum atomic E-state index is -4.97. The molecule has 0 spiro atoms. The molecule has 2 aromatic heterocycles. The SMILES string of the molecule is O=C(O)c1ccn2ncc(S(=O)(=O)F)c2n1. The molecule has 0 unspecified atom stereocenters. The van der Waals surface area contributed by atoms with E-state index in [2.05, 4.69) is 10.1 Å². The van der Waals surface area contributed by atoms with Crippen LogP contribution in [0.2, 0.25) is 0 Å². The molecular weight excluding hydrogens is 241 g/mol. The summed E-state index contributed by atoms with van der Waals surface area (Å²) in [5.74, 6) is -1.34. The minimum Gasteiger partial charge on any atom is -0.477 e. The fourth-order valence-electron chi connectivity index (χ4n) is 1.14. The molecular formula is C7H4FN3O4S. The quantitative estimate of drug-likeness (QED) is 0.752. The van der Waals surface area contributed by atoms with E-state index in [0.29, 0.717) is 0 Å². The monoisotopic (exact) mass is 245 g/mol. The molecule has 7 nitrogen and oxygen atoms in total. The number of hydrogen-bond acceptors (Lipinski definition) is 5. The summed E-state index contributed by atoms with van der Waals surface area (Å²) in [5, 5.41) is 12.2. The highest BCUT2D eigenvalue weighted by Gasteiger charge is 2.20. The van der Waals surface area contributed by atoms with Crippen LogP contribution in [0.1, 0.15) is 10.5 Å². The van der Waals surface area contributed by atoms with Crippen LogP contribution in [-0.4, -0.2) is 34.1 Å². The molecule has 2 aromatic rings. The molecule has 2 rings (SSSR count). The first-order valence-electron chi connectivity index (χ1n) is 3.92. The third-order valence-corrected chi connectivity index (χ3v) is 2.63. The van der Waals surface area contributed by atoms with Crippen molar-refractivity contribution in [1.82, 2.24) is 14.6 Å². The van der Waals surface area contributed by atoms with E-state index in [9.17, 15) is 17.1 Å². The fraction of sp³-hybridized carbons (Fsp3) is 0. The summed E-state index contributed by atoms with van der Waals surface area (Å²) in [6, 6.07) is 1.12. The average Bonchev–Trinajstić information content (AvgIpc) is 2.58. The van der Waals surface area contributed by atoms with E-state index in [1.807, 2.05) is 0 Å². The first-order valence-corrected chi connectivity index (χ1v) is 5.30. The zero-order valence-corrected chi connectivity index (χ0v) is 8.35. The molecule has 0 bridgehead atoms. The van der Waals surface area contributed by atoms with Gasteiger partial charge in [0.2, 0.25) is 0 Å². The van der Waals surface area contributed by atoms with Gasteiger partial charge in [0.05, 0.1) is 6.20 Å². The van der Waals surface area contributed by atoms with E-state index >= 15 is 0 Å². The lowest BCUT2D eigenvalue weighted by molar-refractivity contribution is 0.0690. The Bertz CT molecular complexity index is 678. The highest BCUT2D eigenvalue weighted by atomic mass is 32.3. The first kappa shape index (κ1) is 10.5. The van der Waals surface area contributed by atoms with Crippen LogP contribution in [0.5, 0.6) is 0 Å². The summed E-state index contributed by atoms with van der Waals surface area (Å²) >= 11 is 0. The molecule has 16 heavy (non-hydrogen) atoms. The molecule has 0 aliphatic heterocycles. The van der Waals surface area contributed by atoms with E-state index in [0.717, 1.165) is 16.8 Å². The van der Waals surface area contributed by atoms with Crippen molar-refractivity contribution >= 4 is 21.8 Å². The maximum absolute atomic E-state index is 12.7. The van der Waals surface area contributed by atoms with Gasteiger partial charge >= 0.3 is 16.2 Å². The average molecular weight is 245 g/mol. The van der Waals surface area contributed by atoms with Gasteiger partial charge in [-0.15, -0.1) is 3.89 Å². The number of carboxylic acid groups (broad SMARTS) is 1. The first-order chi connectivity index (χ1) is 7.39. The van der Waals surface area contributed by atoms with Crippen LogP contribution in [0.25, 0.3) is 5.65 Å². The van der Waals surface area contributed by atoms with Gasteiger partial charge in [-0.3, -0.25) is 0 Å². The molecule has 0 atom stereocenters. The van der Waals surface area contributed by atoms with Crippen molar-refractivity contribution in [1.29, 1.82) is 0 Å². The van der Waals surface area contributed by atoms with E-state index in [1.54, 1.807) is 0 Å². The fourth-order valence-corrected chi connectivity index (χ4v) is 1.67. The third-order valence-electron chi connectivity index (χ3n) is 1.82. The number of aromatic nitrogens is 3. The summed E-state index contributed by atoms with van der Waals surface area (Å²) < 4.78 is 35.1. The number of carbonyl (C=O) groups is 1. The van der Waals surface area contributed by atoms with Crippen LogP contribution in [-0.2, 0) is 10.2 Å². The zero-order chi connectivity index (χ0) is 11.9. The summed E-state index contributed by atoms with van der Waals surface area (Å²) in [7, 11) is -4.97. The third kappa shape index (κ3) is 1.60. The lowest BCUT2D eigenvalue weighted by atomic mass is 10.4. The predicted molar refractivity (Wildman–Crippen MR) is 48.2 cm³/mol. The lowest BCUT2D eigenvalue weighted by Gasteiger charge is -1.96. The van der Waals surface area contributed by atoms with Gasteiger partial charge in [0.25, 0.3) is 0 Å². The number of halogens is 1. The number of fused-ring (bicyclic) bond motifs is 1. The molecule has 0 aromatic carbocycles. The molecule has 1 N–H and O–H groups in total. The van der Waals surface area contributed by atoms with Crippen molar-refractivity contribution in [2.45, 2.75) is 4.90 Å². The highest BCUT2D eigenvalue weighted by molar-refractivity contribution is 7.86. The zero-order valence-electron chi connectivity index (χ0n) is 7.53. The molecule has 0 aliphatic carbocycles. The largest absolute Gasteiger partial charge is 0.477 e. The van der Waals surface area contributed by atoms with Crippen LogP contribution < -0.4 is 0 Å². The van der Waals surface area contributed by atoms with E-state index in [-0.39, 0.29) is 5.65 Å². The van der Waals surface area contributed by atoms with Crippen molar-refractivity contribution in [2.24, 2.45) is 0 Å². The van der Waals surface area contributed by atoms with Gasteiger partial charge in [0.15, 0.2) is 16.2 Å². The molecule has 0 amide bonds. The Labute approximate surface area is 88.4 Å². The Morgan fingerprint density at radius 1 is 1.50 bits per heavy atom. The second-order valence-corrected chi connectivity index (χ2v) is 4.15. The Balaban J connectivity index is 2.80. The smallest absolute Gasteiger partial charge is 0.354 e. The van der Waals surface area contributed by atoms with E-state index in [1.165, 1.54) is 6.20 Å². The van der Waals surface area contributed by atoms with Crippen molar-refractivity contribution < 1.29 is 22.2 Å². The molecule has 0 saturated heterocycles. The normalized spacial score (nSPS) is 11.8. The van der Waals surface area contributed by atoms with E-state index in [4.69, 9.17) is 5.11 Å². The van der Waals surface area contributed by atoms with Gasteiger partial charge in [-0.1, -0.05) is 0 Å². The van der Waals surface area contributed by atoms with Crippen LogP contribution in [0.3, 0.4) is 0 Å². The summed E-state index contributed by atoms with van der Waals surface area (Å²) in [6.45, 7) is 0. The maximum atomic E-state index is 12.7. The van der Waals surface area contributed by atoms with Gasteiger partial charge in [-0.25, -0.2) is 14.3 Å². The second kappa shape index (κ2) is 3.23. The van der Waals surface area contributed by atoms with Crippen molar-refractivity contribution in [3.63, 3.8) is 0 Å². The standard InChI is InChI=1S/C7H4FN3O4S/c8-16(14,15)5-3-9-11-2-1-4(7(12)13)10-6(5)11/h1-3H,(H,12,13). The summed E-state index contributed by atoms with van der Waals surface area (Å²) in [4.78, 5) is 13.3. The molecule has 0 radical (unpaired) electrons. The van der Waals surface area contributed by atoms with Crippen LogP contribution in [0, 0.1) is 0 Å². The Kier molecular flexibility index (Phi) is 2.12. The number of hydrogen-bond donors (Lipinski definition) is 1.